The summed E-state index contributed by atoms with van der Waals surface area (Å²) in [7, 11) is 0. The van der Waals surface area contributed by atoms with Crippen molar-refractivity contribution >= 4 is 16.7 Å². The minimum Gasteiger partial charge on any atom is -0.310 e. The Morgan fingerprint density at radius 3 is 2.95 bits per heavy atom. The Kier molecular flexibility index (Phi) is 3.07. The quantitative estimate of drug-likeness (QED) is 0.936. The third kappa shape index (κ3) is 2.09. The van der Waals surface area contributed by atoms with Crippen LogP contribution in [0.1, 0.15) is 31.9 Å². The molecule has 3 atom stereocenters. The van der Waals surface area contributed by atoms with E-state index in [-0.39, 0.29) is 5.92 Å². The summed E-state index contributed by atoms with van der Waals surface area (Å²) < 4.78 is 2.00. The molecule has 0 aliphatic carbocycles. The number of aryl methyl sites for hydroxylation is 1. The first-order valence-electron chi connectivity index (χ1n) is 7.99. The molecular formula is C17H21N3O. The molecule has 0 saturated carbocycles. The Morgan fingerprint density at radius 1 is 1.38 bits per heavy atom. The summed E-state index contributed by atoms with van der Waals surface area (Å²) in [6.45, 7) is 2.93. The molecule has 4 rings (SSSR count). The summed E-state index contributed by atoms with van der Waals surface area (Å²) in [6.07, 6.45) is 3.89. The maximum atomic E-state index is 12.7. The van der Waals surface area contributed by atoms with Crippen molar-refractivity contribution < 1.29 is 4.79 Å². The molecule has 2 aromatic rings. The zero-order valence-electron chi connectivity index (χ0n) is 12.4. The number of para-hydroxylation sites is 1. The fourth-order valence-corrected chi connectivity index (χ4v) is 4.04. The molecule has 3 unspecified atom stereocenters. The lowest BCUT2D eigenvalue weighted by Gasteiger charge is -2.18. The summed E-state index contributed by atoms with van der Waals surface area (Å²) in [6, 6.07) is 9.21. The molecule has 2 aliphatic heterocycles. The summed E-state index contributed by atoms with van der Waals surface area (Å²) >= 11 is 0. The van der Waals surface area contributed by atoms with E-state index in [1.54, 1.807) is 0 Å². The number of fused-ring (bicyclic) bond motifs is 3. The van der Waals surface area contributed by atoms with Crippen LogP contribution in [0.5, 0.6) is 0 Å². The first-order chi connectivity index (χ1) is 10.3. The summed E-state index contributed by atoms with van der Waals surface area (Å²) in [5.41, 5.74) is 2.08. The van der Waals surface area contributed by atoms with Crippen molar-refractivity contribution in [3.63, 3.8) is 0 Å². The van der Waals surface area contributed by atoms with Crippen LogP contribution >= 0.6 is 0 Å². The standard InChI is InChI=1S/C17H21N3O/c1-2-20-16-6-4-3-5-12(16)15(19-20)10-17(21)13-9-11-7-8-14(13)18-11/h3-6,11,13-14,18H,2,7-10H2,1H3. The van der Waals surface area contributed by atoms with Crippen LogP contribution in [0.25, 0.3) is 10.9 Å². The monoisotopic (exact) mass is 283 g/mol. The number of benzene rings is 1. The third-order valence-corrected chi connectivity index (χ3v) is 5.09. The third-order valence-electron chi connectivity index (χ3n) is 5.09. The molecule has 0 spiro atoms. The lowest BCUT2D eigenvalue weighted by atomic mass is 9.84. The van der Waals surface area contributed by atoms with Crippen LogP contribution in [-0.4, -0.2) is 27.6 Å². The highest BCUT2D eigenvalue weighted by atomic mass is 16.1. The summed E-state index contributed by atoms with van der Waals surface area (Å²) in [5, 5.41) is 9.34. The van der Waals surface area contributed by atoms with Gasteiger partial charge in [0.2, 0.25) is 0 Å². The van der Waals surface area contributed by atoms with Gasteiger partial charge in [-0.05, 0) is 32.3 Å². The SMILES string of the molecule is CCn1nc(CC(=O)C2CC3CCC2N3)c2ccccc21. The average molecular weight is 283 g/mol. The Labute approximate surface area is 124 Å². The highest BCUT2D eigenvalue weighted by Gasteiger charge is 2.42. The largest absolute Gasteiger partial charge is 0.310 e. The number of aromatic nitrogens is 2. The van der Waals surface area contributed by atoms with E-state index in [9.17, 15) is 4.79 Å². The van der Waals surface area contributed by atoms with Crippen molar-refractivity contribution in [1.29, 1.82) is 0 Å². The maximum Gasteiger partial charge on any atom is 0.143 e. The summed E-state index contributed by atoms with van der Waals surface area (Å²) in [4.78, 5) is 12.7. The van der Waals surface area contributed by atoms with Crippen molar-refractivity contribution in [1.82, 2.24) is 15.1 Å². The molecule has 4 heteroatoms. The molecule has 4 nitrogen and oxygen atoms in total. The highest BCUT2D eigenvalue weighted by molar-refractivity contribution is 5.90. The van der Waals surface area contributed by atoms with Crippen LogP contribution in [0.15, 0.2) is 24.3 Å². The van der Waals surface area contributed by atoms with Crippen LogP contribution in [0.4, 0.5) is 0 Å². The van der Waals surface area contributed by atoms with Crippen molar-refractivity contribution in [2.75, 3.05) is 0 Å². The fraction of sp³-hybridized carbons (Fsp3) is 0.529. The lowest BCUT2D eigenvalue weighted by molar-refractivity contribution is -0.122. The van der Waals surface area contributed by atoms with Gasteiger partial charge in [0.25, 0.3) is 0 Å². The Morgan fingerprint density at radius 2 is 2.24 bits per heavy atom. The van der Waals surface area contributed by atoms with Gasteiger partial charge >= 0.3 is 0 Å². The maximum absolute atomic E-state index is 12.7. The van der Waals surface area contributed by atoms with E-state index in [1.807, 2.05) is 16.8 Å². The average Bonchev–Trinajstić information content (AvgIpc) is 3.21. The number of ketones is 1. The second-order valence-electron chi connectivity index (χ2n) is 6.31. The van der Waals surface area contributed by atoms with E-state index in [4.69, 9.17) is 0 Å². The first kappa shape index (κ1) is 13.0. The molecule has 2 saturated heterocycles. The number of nitrogens with one attached hydrogen (secondary N) is 1. The number of hydrogen-bond donors (Lipinski definition) is 1. The molecular weight excluding hydrogens is 262 g/mol. The van der Waals surface area contributed by atoms with Gasteiger partial charge in [0, 0.05) is 29.9 Å². The predicted octanol–water partition coefficient (Wildman–Crippen LogP) is 2.31. The molecule has 2 bridgehead atoms. The first-order valence-corrected chi connectivity index (χ1v) is 7.99. The van der Waals surface area contributed by atoms with Crippen LogP contribution in [0.3, 0.4) is 0 Å². The van der Waals surface area contributed by atoms with Gasteiger partial charge in [0.05, 0.1) is 17.6 Å². The normalized spacial score (nSPS) is 27.6. The van der Waals surface area contributed by atoms with Crippen LogP contribution in [-0.2, 0) is 17.8 Å². The number of carbonyl (C=O) groups is 1. The van der Waals surface area contributed by atoms with Crippen LogP contribution in [0, 0.1) is 5.92 Å². The van der Waals surface area contributed by atoms with Gasteiger partial charge in [0.1, 0.15) is 5.78 Å². The molecule has 0 amide bonds. The zero-order chi connectivity index (χ0) is 14.4. The molecule has 21 heavy (non-hydrogen) atoms. The van der Waals surface area contributed by atoms with Crippen molar-refractivity contribution in [3.05, 3.63) is 30.0 Å². The number of carbonyl (C=O) groups excluding carboxylic acids is 1. The van der Waals surface area contributed by atoms with E-state index in [0.29, 0.717) is 24.3 Å². The van der Waals surface area contributed by atoms with Gasteiger partial charge in [-0.1, -0.05) is 18.2 Å². The van der Waals surface area contributed by atoms with E-state index < -0.39 is 0 Å². The topological polar surface area (TPSA) is 46.9 Å². The van der Waals surface area contributed by atoms with Crippen molar-refractivity contribution in [3.8, 4) is 0 Å². The van der Waals surface area contributed by atoms with Gasteiger partial charge in [-0.2, -0.15) is 5.10 Å². The van der Waals surface area contributed by atoms with Crippen molar-refractivity contribution in [2.24, 2.45) is 5.92 Å². The number of nitrogens with zero attached hydrogens (tertiary/aromatic N) is 2. The van der Waals surface area contributed by atoms with E-state index in [1.165, 1.54) is 6.42 Å². The molecule has 1 N–H and O–H groups in total. The van der Waals surface area contributed by atoms with Gasteiger partial charge in [-0.25, -0.2) is 0 Å². The van der Waals surface area contributed by atoms with Gasteiger partial charge in [0.15, 0.2) is 0 Å². The van der Waals surface area contributed by atoms with Crippen molar-refractivity contribution in [2.45, 2.75) is 51.2 Å². The summed E-state index contributed by atoms with van der Waals surface area (Å²) in [5.74, 6) is 0.565. The lowest BCUT2D eigenvalue weighted by Crippen LogP contribution is -2.29. The molecule has 2 fully saturated rings. The van der Waals surface area contributed by atoms with E-state index >= 15 is 0 Å². The van der Waals surface area contributed by atoms with Gasteiger partial charge < -0.3 is 5.32 Å². The highest BCUT2D eigenvalue weighted by Crippen LogP contribution is 2.34. The van der Waals surface area contributed by atoms with Gasteiger partial charge in [-0.3, -0.25) is 9.48 Å². The fourth-order valence-electron chi connectivity index (χ4n) is 4.04. The smallest absolute Gasteiger partial charge is 0.143 e. The second kappa shape index (κ2) is 4.95. The van der Waals surface area contributed by atoms with Gasteiger partial charge in [-0.15, -0.1) is 0 Å². The Balaban J connectivity index is 1.61. The number of rotatable bonds is 4. The van der Waals surface area contributed by atoms with E-state index in [2.05, 4.69) is 29.5 Å². The second-order valence-corrected chi connectivity index (χ2v) is 6.31. The molecule has 2 aliphatic rings. The Bertz CT molecular complexity index is 690. The zero-order valence-corrected chi connectivity index (χ0v) is 12.4. The van der Waals surface area contributed by atoms with Crippen LogP contribution < -0.4 is 5.32 Å². The molecule has 3 heterocycles. The number of hydrogen-bond acceptors (Lipinski definition) is 3. The van der Waals surface area contributed by atoms with E-state index in [0.717, 1.165) is 36.0 Å². The van der Waals surface area contributed by atoms with Crippen LogP contribution in [0.2, 0.25) is 0 Å². The Hall–Kier alpha value is -1.68. The number of Topliss-reactive ketones (excluding diaryl/α,β-unsaturated/α-hetero) is 1. The molecule has 1 aromatic carbocycles. The molecule has 1 aromatic heterocycles. The minimum atomic E-state index is 0.203. The molecule has 110 valence electrons. The minimum absolute atomic E-state index is 0.203. The predicted molar refractivity (Wildman–Crippen MR) is 82.2 cm³/mol. The molecule has 0 radical (unpaired) electrons.